The number of carbonyl (C=O) groups is 1. The number of hydrogen-bond donors (Lipinski definition) is 1. The Morgan fingerprint density at radius 3 is 2.47 bits per heavy atom. The van der Waals surface area contributed by atoms with Gasteiger partial charge in [0.2, 0.25) is 10.0 Å². The molecule has 1 aliphatic heterocycles. The molecule has 1 aliphatic rings. The van der Waals surface area contributed by atoms with Gasteiger partial charge in [0.1, 0.15) is 0 Å². The number of nitrogens with zero attached hydrogens (tertiary/aromatic N) is 1. The molecule has 0 spiro atoms. The molecule has 0 aromatic heterocycles. The molecular weight excluding hydrogens is 218 g/mol. The molecule has 1 N–H and O–H groups in total. The second-order valence-corrected chi connectivity index (χ2v) is 6.11. The summed E-state index contributed by atoms with van der Waals surface area (Å²) in [5.41, 5.74) is 0. The summed E-state index contributed by atoms with van der Waals surface area (Å²) < 4.78 is 24.4. The van der Waals surface area contributed by atoms with Crippen LogP contribution < -0.4 is 0 Å². The summed E-state index contributed by atoms with van der Waals surface area (Å²) in [5, 5.41) is 8.74. The number of carboxylic acids is 1. The van der Waals surface area contributed by atoms with Crippen LogP contribution in [-0.2, 0) is 14.8 Å². The highest BCUT2D eigenvalue weighted by atomic mass is 32.2. The van der Waals surface area contributed by atoms with Crippen LogP contribution in [-0.4, -0.2) is 42.6 Å². The predicted octanol–water partition coefficient (Wildman–Crippen LogP) is 0.379. The fourth-order valence-corrected chi connectivity index (χ4v) is 3.21. The minimum absolute atomic E-state index is 0.0332. The molecule has 0 amide bonds. The number of aliphatic carboxylic acids is 1. The Morgan fingerprint density at radius 2 is 2.07 bits per heavy atom. The summed E-state index contributed by atoms with van der Waals surface area (Å²) in [6, 6.07) is 0. The van der Waals surface area contributed by atoms with E-state index in [2.05, 4.69) is 0 Å². The first kappa shape index (κ1) is 12.4. The Hall–Kier alpha value is -0.620. The fraction of sp³-hybridized carbons (Fsp3) is 0.889. The van der Waals surface area contributed by atoms with Gasteiger partial charge in [-0.15, -0.1) is 0 Å². The molecule has 15 heavy (non-hydrogen) atoms. The van der Waals surface area contributed by atoms with Crippen molar-refractivity contribution in [2.45, 2.75) is 20.3 Å². The van der Waals surface area contributed by atoms with Gasteiger partial charge in [-0.25, -0.2) is 12.7 Å². The van der Waals surface area contributed by atoms with Crippen LogP contribution in [0.2, 0.25) is 0 Å². The molecule has 88 valence electrons. The van der Waals surface area contributed by atoms with E-state index in [0.29, 0.717) is 19.5 Å². The zero-order valence-electron chi connectivity index (χ0n) is 9.01. The molecule has 0 aliphatic carbocycles. The molecule has 1 fully saturated rings. The van der Waals surface area contributed by atoms with Gasteiger partial charge in [0.15, 0.2) is 0 Å². The van der Waals surface area contributed by atoms with Crippen molar-refractivity contribution < 1.29 is 18.3 Å². The third-order valence-electron chi connectivity index (χ3n) is 2.83. The van der Waals surface area contributed by atoms with Crippen LogP contribution in [0.4, 0.5) is 0 Å². The van der Waals surface area contributed by atoms with Crippen LogP contribution in [0.1, 0.15) is 20.3 Å². The van der Waals surface area contributed by atoms with Crippen molar-refractivity contribution in [1.29, 1.82) is 0 Å². The van der Waals surface area contributed by atoms with E-state index in [1.54, 1.807) is 6.92 Å². The molecule has 1 atom stereocenters. The van der Waals surface area contributed by atoms with Crippen LogP contribution >= 0.6 is 0 Å². The average molecular weight is 235 g/mol. The van der Waals surface area contributed by atoms with Crippen LogP contribution in [0.3, 0.4) is 0 Å². The first-order chi connectivity index (χ1) is 6.88. The Bertz CT molecular complexity index is 332. The highest BCUT2D eigenvalue weighted by Crippen LogP contribution is 2.26. The van der Waals surface area contributed by atoms with Gasteiger partial charge in [-0.05, 0) is 12.3 Å². The maximum atomic E-state index is 11.5. The highest BCUT2D eigenvalue weighted by Gasteiger charge is 2.40. The first-order valence-corrected chi connectivity index (χ1v) is 6.70. The molecule has 1 saturated heterocycles. The van der Waals surface area contributed by atoms with Crippen LogP contribution in [0, 0.1) is 11.8 Å². The van der Waals surface area contributed by atoms with E-state index in [4.69, 9.17) is 5.11 Å². The van der Waals surface area contributed by atoms with Gasteiger partial charge in [-0.2, -0.15) is 0 Å². The highest BCUT2D eigenvalue weighted by molar-refractivity contribution is 7.89. The molecule has 0 aromatic rings. The number of rotatable bonds is 5. The van der Waals surface area contributed by atoms with Crippen molar-refractivity contribution in [3.8, 4) is 0 Å². The van der Waals surface area contributed by atoms with Crippen molar-refractivity contribution >= 4 is 16.0 Å². The smallest absolute Gasteiger partial charge is 0.306 e. The topological polar surface area (TPSA) is 74.7 Å². The molecule has 0 bridgehead atoms. The summed E-state index contributed by atoms with van der Waals surface area (Å²) >= 11 is 0. The summed E-state index contributed by atoms with van der Waals surface area (Å²) in [6.07, 6.45) is 0.595. The van der Waals surface area contributed by atoms with Crippen molar-refractivity contribution in [3.05, 3.63) is 0 Å². The Kier molecular flexibility index (Phi) is 3.72. The number of hydrogen-bond acceptors (Lipinski definition) is 3. The molecule has 0 radical (unpaired) electrons. The van der Waals surface area contributed by atoms with Crippen LogP contribution in [0.5, 0.6) is 0 Å². The van der Waals surface area contributed by atoms with E-state index in [-0.39, 0.29) is 11.7 Å². The third kappa shape index (κ3) is 2.69. The van der Waals surface area contributed by atoms with Gasteiger partial charge < -0.3 is 5.11 Å². The van der Waals surface area contributed by atoms with Gasteiger partial charge in [0, 0.05) is 13.1 Å². The third-order valence-corrected chi connectivity index (χ3v) is 4.84. The number of sulfonamides is 1. The van der Waals surface area contributed by atoms with Crippen LogP contribution in [0.25, 0.3) is 0 Å². The monoisotopic (exact) mass is 235 g/mol. The van der Waals surface area contributed by atoms with Gasteiger partial charge in [0.25, 0.3) is 0 Å². The minimum Gasteiger partial charge on any atom is -0.481 e. The summed E-state index contributed by atoms with van der Waals surface area (Å²) in [5.74, 6) is -1.19. The van der Waals surface area contributed by atoms with Gasteiger partial charge in [0.05, 0.1) is 11.7 Å². The number of carboxylic acid groups (broad SMARTS) is 1. The Balaban J connectivity index is 2.47. The molecule has 0 aromatic carbocycles. The lowest BCUT2D eigenvalue weighted by atomic mass is 9.89. The molecule has 1 unspecified atom stereocenters. The lowest BCUT2D eigenvalue weighted by molar-refractivity contribution is -0.144. The second kappa shape index (κ2) is 4.49. The average Bonchev–Trinajstić information content (AvgIpc) is 1.99. The van der Waals surface area contributed by atoms with Crippen molar-refractivity contribution in [2.75, 3.05) is 18.8 Å². The second-order valence-electron chi connectivity index (χ2n) is 4.02. The molecule has 1 rings (SSSR count). The first-order valence-electron chi connectivity index (χ1n) is 5.09. The van der Waals surface area contributed by atoms with E-state index in [1.807, 2.05) is 6.92 Å². The molecular formula is C9H17NO4S. The van der Waals surface area contributed by atoms with Crippen molar-refractivity contribution in [3.63, 3.8) is 0 Å². The Morgan fingerprint density at radius 1 is 1.53 bits per heavy atom. The standard InChI is InChI=1S/C9H17NO4S/c1-3-4-15(13,14)10-5-8(6-10)7(2)9(11)12/h7-8H,3-6H2,1-2H3,(H,11,12). The quantitative estimate of drug-likeness (QED) is 0.747. The normalized spacial score (nSPS) is 20.9. The molecule has 6 heteroatoms. The van der Waals surface area contributed by atoms with Gasteiger partial charge >= 0.3 is 5.97 Å². The maximum Gasteiger partial charge on any atom is 0.306 e. The van der Waals surface area contributed by atoms with Crippen molar-refractivity contribution in [1.82, 2.24) is 4.31 Å². The summed E-state index contributed by atoms with van der Waals surface area (Å²) in [7, 11) is -3.13. The fourth-order valence-electron chi connectivity index (χ4n) is 1.60. The van der Waals surface area contributed by atoms with E-state index < -0.39 is 21.9 Å². The SMILES string of the molecule is CCCS(=O)(=O)N1CC(C(C)C(=O)O)C1. The van der Waals surface area contributed by atoms with E-state index in [1.165, 1.54) is 4.31 Å². The summed E-state index contributed by atoms with van der Waals surface area (Å²) in [4.78, 5) is 10.6. The largest absolute Gasteiger partial charge is 0.481 e. The van der Waals surface area contributed by atoms with Gasteiger partial charge in [-0.1, -0.05) is 13.8 Å². The van der Waals surface area contributed by atoms with E-state index in [9.17, 15) is 13.2 Å². The van der Waals surface area contributed by atoms with Gasteiger partial charge in [-0.3, -0.25) is 4.79 Å². The Labute approximate surface area is 90.1 Å². The minimum atomic E-state index is -3.13. The lowest BCUT2D eigenvalue weighted by Gasteiger charge is -2.39. The molecule has 5 nitrogen and oxygen atoms in total. The van der Waals surface area contributed by atoms with E-state index >= 15 is 0 Å². The lowest BCUT2D eigenvalue weighted by Crippen LogP contribution is -2.53. The predicted molar refractivity (Wildman–Crippen MR) is 55.9 cm³/mol. The van der Waals surface area contributed by atoms with Crippen molar-refractivity contribution in [2.24, 2.45) is 11.8 Å². The molecule has 0 saturated carbocycles. The van der Waals surface area contributed by atoms with E-state index in [0.717, 1.165) is 0 Å². The maximum absolute atomic E-state index is 11.5. The molecule has 1 heterocycles. The zero-order chi connectivity index (χ0) is 11.6. The summed E-state index contributed by atoms with van der Waals surface area (Å²) in [6.45, 7) is 4.15. The zero-order valence-corrected chi connectivity index (χ0v) is 9.83. The van der Waals surface area contributed by atoms with Crippen LogP contribution in [0.15, 0.2) is 0 Å².